The first-order valence-corrected chi connectivity index (χ1v) is 7.40. The number of hydrogen-bond acceptors (Lipinski definition) is 3. The van der Waals surface area contributed by atoms with E-state index in [1.807, 2.05) is 57.2 Å². The van der Waals surface area contributed by atoms with E-state index in [9.17, 15) is 4.79 Å². The number of hydrogen-bond donors (Lipinski definition) is 2. The molecule has 2 aromatic rings. The lowest BCUT2D eigenvalue weighted by molar-refractivity contribution is -0.122. The third-order valence-corrected chi connectivity index (χ3v) is 3.44. The Hall–Kier alpha value is -2.49. The van der Waals surface area contributed by atoms with Crippen LogP contribution in [0.3, 0.4) is 0 Å². The van der Waals surface area contributed by atoms with Gasteiger partial charge in [0.05, 0.1) is 0 Å². The highest BCUT2D eigenvalue weighted by molar-refractivity contribution is 5.95. The van der Waals surface area contributed by atoms with Crippen LogP contribution in [0.1, 0.15) is 24.5 Å². The zero-order valence-corrected chi connectivity index (χ0v) is 13.2. The quantitative estimate of drug-likeness (QED) is 0.828. The molecule has 0 aliphatic rings. The summed E-state index contributed by atoms with van der Waals surface area (Å²) in [6.07, 6.45) is 0.0621. The second-order valence-electron chi connectivity index (χ2n) is 5.39. The van der Waals surface area contributed by atoms with Gasteiger partial charge >= 0.3 is 0 Å². The minimum Gasteiger partial charge on any atom is -0.481 e. The lowest BCUT2D eigenvalue weighted by atomic mass is 10.1. The smallest absolute Gasteiger partial charge is 0.265 e. The van der Waals surface area contributed by atoms with Gasteiger partial charge in [0.1, 0.15) is 5.75 Å². The predicted molar refractivity (Wildman–Crippen MR) is 90.1 cm³/mol. The Balaban J connectivity index is 2.08. The predicted octanol–water partition coefficient (Wildman–Crippen LogP) is 3.68. The fraction of sp³-hybridized carbons (Fsp3) is 0.278. The molecule has 0 heterocycles. The number of carbonyl (C=O) groups excluding carboxylic acids is 1. The topological polar surface area (TPSA) is 64.3 Å². The fourth-order valence-corrected chi connectivity index (χ4v) is 2.22. The van der Waals surface area contributed by atoms with Crippen molar-refractivity contribution in [3.63, 3.8) is 0 Å². The maximum atomic E-state index is 12.4. The summed E-state index contributed by atoms with van der Waals surface area (Å²) < 4.78 is 5.81. The van der Waals surface area contributed by atoms with Gasteiger partial charge in [-0.3, -0.25) is 4.79 Å². The van der Waals surface area contributed by atoms with E-state index in [1.54, 1.807) is 6.07 Å². The number of ether oxygens (including phenoxy) is 1. The van der Waals surface area contributed by atoms with Crippen molar-refractivity contribution < 1.29 is 9.53 Å². The summed E-state index contributed by atoms with van der Waals surface area (Å²) in [5.41, 5.74) is 9.19. The molecule has 0 aliphatic heterocycles. The highest BCUT2D eigenvalue weighted by Crippen LogP contribution is 2.20. The van der Waals surface area contributed by atoms with Crippen molar-refractivity contribution in [3.8, 4) is 5.75 Å². The molecule has 0 saturated heterocycles. The SMILES string of the molecule is CCC(Oc1cccc(C)c1)C(=O)Nc1ccc(N)cc1C. The molecule has 116 valence electrons. The number of nitrogens with one attached hydrogen (secondary N) is 1. The van der Waals surface area contributed by atoms with Gasteiger partial charge in [0.2, 0.25) is 0 Å². The Morgan fingerprint density at radius 1 is 1.23 bits per heavy atom. The first-order chi connectivity index (χ1) is 10.5. The second kappa shape index (κ2) is 6.98. The summed E-state index contributed by atoms with van der Waals surface area (Å²) in [5.74, 6) is 0.549. The molecule has 0 fully saturated rings. The van der Waals surface area contributed by atoms with Gasteiger partial charge in [-0.05, 0) is 61.7 Å². The minimum atomic E-state index is -0.529. The lowest BCUT2D eigenvalue weighted by Gasteiger charge is -2.18. The van der Waals surface area contributed by atoms with Crippen molar-refractivity contribution in [1.29, 1.82) is 0 Å². The van der Waals surface area contributed by atoms with Gasteiger partial charge in [-0.25, -0.2) is 0 Å². The third-order valence-electron chi connectivity index (χ3n) is 3.44. The van der Waals surface area contributed by atoms with Crippen molar-refractivity contribution in [3.05, 3.63) is 53.6 Å². The molecular weight excluding hydrogens is 276 g/mol. The molecule has 3 N–H and O–H groups in total. The normalized spacial score (nSPS) is 11.8. The van der Waals surface area contributed by atoms with E-state index in [-0.39, 0.29) is 5.91 Å². The summed E-state index contributed by atoms with van der Waals surface area (Å²) in [6.45, 7) is 5.83. The maximum absolute atomic E-state index is 12.4. The van der Waals surface area contributed by atoms with Crippen LogP contribution in [0.2, 0.25) is 0 Å². The summed E-state index contributed by atoms with van der Waals surface area (Å²) in [7, 11) is 0. The fourth-order valence-electron chi connectivity index (χ4n) is 2.22. The average Bonchev–Trinajstić information content (AvgIpc) is 2.47. The van der Waals surface area contributed by atoms with Gasteiger partial charge in [-0.15, -0.1) is 0 Å². The van der Waals surface area contributed by atoms with E-state index in [0.717, 1.165) is 16.8 Å². The Labute approximate surface area is 131 Å². The summed E-state index contributed by atoms with van der Waals surface area (Å²) in [6, 6.07) is 13.1. The number of carbonyl (C=O) groups is 1. The van der Waals surface area contributed by atoms with Gasteiger partial charge < -0.3 is 15.8 Å². The molecule has 0 saturated carbocycles. The van der Waals surface area contributed by atoms with Crippen molar-refractivity contribution >= 4 is 17.3 Å². The van der Waals surface area contributed by atoms with Crippen LogP contribution >= 0.6 is 0 Å². The summed E-state index contributed by atoms with van der Waals surface area (Å²) in [4.78, 5) is 12.4. The largest absolute Gasteiger partial charge is 0.481 e. The van der Waals surface area contributed by atoms with Crippen LogP contribution in [0.15, 0.2) is 42.5 Å². The zero-order chi connectivity index (χ0) is 16.1. The molecule has 1 atom stereocenters. The second-order valence-corrected chi connectivity index (χ2v) is 5.39. The number of amides is 1. The number of nitrogen functional groups attached to an aromatic ring is 1. The van der Waals surface area contributed by atoms with Crippen LogP contribution in [0.5, 0.6) is 5.75 Å². The van der Waals surface area contributed by atoms with Crippen LogP contribution < -0.4 is 15.8 Å². The highest BCUT2D eigenvalue weighted by Gasteiger charge is 2.19. The number of benzene rings is 2. The summed E-state index contributed by atoms with van der Waals surface area (Å²) >= 11 is 0. The number of rotatable bonds is 5. The molecule has 0 aromatic heterocycles. The summed E-state index contributed by atoms with van der Waals surface area (Å²) in [5, 5.41) is 2.90. The highest BCUT2D eigenvalue weighted by atomic mass is 16.5. The lowest BCUT2D eigenvalue weighted by Crippen LogP contribution is -2.32. The number of nitrogens with two attached hydrogens (primary N) is 1. The molecule has 22 heavy (non-hydrogen) atoms. The van der Waals surface area contributed by atoms with E-state index >= 15 is 0 Å². The first-order valence-electron chi connectivity index (χ1n) is 7.40. The standard InChI is InChI=1S/C18H22N2O2/c1-4-17(22-15-7-5-6-12(2)10-15)18(21)20-16-9-8-14(19)11-13(16)3/h5-11,17H,4,19H2,1-3H3,(H,20,21). The molecule has 2 rings (SSSR count). The van der Waals surface area contributed by atoms with E-state index in [0.29, 0.717) is 17.9 Å². The van der Waals surface area contributed by atoms with Gasteiger partial charge in [0.25, 0.3) is 5.91 Å². The van der Waals surface area contributed by atoms with Gasteiger partial charge in [-0.2, -0.15) is 0 Å². The van der Waals surface area contributed by atoms with E-state index < -0.39 is 6.10 Å². The van der Waals surface area contributed by atoms with Gasteiger partial charge in [0, 0.05) is 11.4 Å². The van der Waals surface area contributed by atoms with E-state index in [4.69, 9.17) is 10.5 Å². The first kappa shape index (κ1) is 15.9. The van der Waals surface area contributed by atoms with Crippen molar-refractivity contribution in [2.45, 2.75) is 33.3 Å². The van der Waals surface area contributed by atoms with Crippen LogP contribution in [0, 0.1) is 13.8 Å². The number of aryl methyl sites for hydroxylation is 2. The molecule has 0 aliphatic carbocycles. The van der Waals surface area contributed by atoms with Crippen molar-refractivity contribution in [2.24, 2.45) is 0 Å². The third kappa shape index (κ3) is 4.01. The van der Waals surface area contributed by atoms with Gasteiger partial charge in [0.15, 0.2) is 6.10 Å². The van der Waals surface area contributed by atoms with Crippen molar-refractivity contribution in [2.75, 3.05) is 11.1 Å². The molecule has 4 heteroatoms. The molecule has 1 unspecified atom stereocenters. The Kier molecular flexibility index (Phi) is 5.04. The Bertz CT molecular complexity index is 668. The monoisotopic (exact) mass is 298 g/mol. The number of anilines is 2. The Morgan fingerprint density at radius 3 is 2.64 bits per heavy atom. The van der Waals surface area contributed by atoms with Gasteiger partial charge in [-0.1, -0.05) is 19.1 Å². The molecule has 0 radical (unpaired) electrons. The van der Waals surface area contributed by atoms with Crippen LogP contribution in [0.4, 0.5) is 11.4 Å². The Morgan fingerprint density at radius 2 is 2.00 bits per heavy atom. The molecule has 0 spiro atoms. The maximum Gasteiger partial charge on any atom is 0.265 e. The molecule has 0 bridgehead atoms. The zero-order valence-electron chi connectivity index (χ0n) is 13.2. The van der Waals surface area contributed by atoms with Crippen LogP contribution in [-0.2, 0) is 4.79 Å². The molecule has 4 nitrogen and oxygen atoms in total. The molecular formula is C18H22N2O2. The van der Waals surface area contributed by atoms with E-state index in [2.05, 4.69) is 5.32 Å². The molecule has 1 amide bonds. The van der Waals surface area contributed by atoms with Crippen LogP contribution in [0.25, 0.3) is 0 Å². The molecule has 2 aromatic carbocycles. The average molecular weight is 298 g/mol. The minimum absolute atomic E-state index is 0.156. The van der Waals surface area contributed by atoms with E-state index in [1.165, 1.54) is 0 Å². The van der Waals surface area contributed by atoms with Crippen molar-refractivity contribution in [1.82, 2.24) is 0 Å². The van der Waals surface area contributed by atoms with Crippen LogP contribution in [-0.4, -0.2) is 12.0 Å².